The van der Waals surface area contributed by atoms with Crippen molar-refractivity contribution in [2.24, 2.45) is 0 Å². The first-order chi connectivity index (χ1) is 7.53. The molecule has 1 aromatic rings. The summed E-state index contributed by atoms with van der Waals surface area (Å²) in [5.74, 6) is 0. The van der Waals surface area contributed by atoms with Crippen LogP contribution in [0.5, 0.6) is 0 Å². The van der Waals surface area contributed by atoms with Crippen LogP contribution in [-0.4, -0.2) is 12.1 Å². The molecule has 1 saturated carbocycles. The van der Waals surface area contributed by atoms with Crippen molar-refractivity contribution in [1.29, 1.82) is 0 Å². The molecule has 0 aromatic heterocycles. The predicted octanol–water partition coefficient (Wildman–Crippen LogP) is 3.73. The molecule has 1 aromatic carbocycles. The Kier molecular flexibility index (Phi) is 1.93. The highest BCUT2D eigenvalue weighted by atomic mass is 15.2. The van der Waals surface area contributed by atoms with Gasteiger partial charge in [0.05, 0.1) is 0 Å². The third kappa shape index (κ3) is 1.24. The molecule has 1 spiro atoms. The molecule has 0 saturated heterocycles. The van der Waals surface area contributed by atoms with Crippen molar-refractivity contribution < 1.29 is 0 Å². The van der Waals surface area contributed by atoms with Crippen molar-refractivity contribution in [2.75, 3.05) is 11.4 Å². The lowest BCUT2D eigenvalue weighted by Gasteiger charge is -2.42. The van der Waals surface area contributed by atoms with Gasteiger partial charge in [-0.15, -0.1) is 0 Å². The topological polar surface area (TPSA) is 3.24 Å². The summed E-state index contributed by atoms with van der Waals surface area (Å²) in [7, 11) is 0. The van der Waals surface area contributed by atoms with Gasteiger partial charge < -0.3 is 4.90 Å². The van der Waals surface area contributed by atoms with Gasteiger partial charge in [0.15, 0.2) is 0 Å². The van der Waals surface area contributed by atoms with Crippen LogP contribution in [0.25, 0.3) is 0 Å². The van der Waals surface area contributed by atoms with Crippen LogP contribution < -0.4 is 4.90 Å². The van der Waals surface area contributed by atoms with Gasteiger partial charge in [-0.05, 0) is 45.2 Å². The van der Waals surface area contributed by atoms with E-state index in [0.717, 1.165) is 0 Å². The second-order valence-electron chi connectivity index (χ2n) is 6.41. The molecule has 1 nitrogen and oxygen atoms in total. The van der Waals surface area contributed by atoms with Crippen LogP contribution in [0.2, 0.25) is 0 Å². The van der Waals surface area contributed by atoms with Crippen molar-refractivity contribution in [1.82, 2.24) is 0 Å². The second-order valence-corrected chi connectivity index (χ2v) is 6.41. The van der Waals surface area contributed by atoms with Gasteiger partial charge in [0, 0.05) is 23.2 Å². The van der Waals surface area contributed by atoms with E-state index in [9.17, 15) is 0 Å². The molecule has 1 heteroatoms. The standard InChI is InChI=1S/C15H21N/c1-14(2,3)16-11-15(9-6-10-15)12-7-4-5-8-13(12)16/h4-5,7-8H,6,9-11H2,1-3H3. The molecule has 2 aliphatic rings. The first-order valence-electron chi connectivity index (χ1n) is 6.40. The number of rotatable bonds is 0. The zero-order valence-electron chi connectivity index (χ0n) is 10.6. The maximum absolute atomic E-state index is 2.60. The fourth-order valence-electron chi connectivity index (χ4n) is 3.26. The lowest BCUT2D eigenvalue weighted by Crippen LogP contribution is -2.46. The molecule has 1 aliphatic heterocycles. The number of fused-ring (bicyclic) bond motifs is 2. The molecule has 1 heterocycles. The second kappa shape index (κ2) is 3.03. The Morgan fingerprint density at radius 2 is 1.81 bits per heavy atom. The molecule has 1 fully saturated rings. The van der Waals surface area contributed by atoms with Gasteiger partial charge in [-0.2, -0.15) is 0 Å². The third-order valence-electron chi connectivity index (χ3n) is 4.35. The summed E-state index contributed by atoms with van der Waals surface area (Å²) in [5.41, 5.74) is 3.84. The van der Waals surface area contributed by atoms with Crippen LogP contribution in [0, 0.1) is 0 Å². The number of anilines is 1. The number of benzene rings is 1. The van der Waals surface area contributed by atoms with Crippen LogP contribution in [0.4, 0.5) is 5.69 Å². The lowest BCUT2D eigenvalue weighted by molar-refractivity contribution is 0.254. The van der Waals surface area contributed by atoms with Gasteiger partial charge in [0.2, 0.25) is 0 Å². The molecule has 16 heavy (non-hydrogen) atoms. The Labute approximate surface area is 98.5 Å². The molecular formula is C15H21N. The van der Waals surface area contributed by atoms with Gasteiger partial charge in [-0.3, -0.25) is 0 Å². The Morgan fingerprint density at radius 3 is 2.38 bits per heavy atom. The van der Waals surface area contributed by atoms with E-state index < -0.39 is 0 Å². The summed E-state index contributed by atoms with van der Waals surface area (Å²) in [6.45, 7) is 8.19. The van der Waals surface area contributed by atoms with Crippen molar-refractivity contribution in [3.63, 3.8) is 0 Å². The van der Waals surface area contributed by atoms with Crippen LogP contribution in [-0.2, 0) is 5.41 Å². The minimum atomic E-state index is 0.245. The van der Waals surface area contributed by atoms with Crippen LogP contribution >= 0.6 is 0 Å². The minimum Gasteiger partial charge on any atom is -0.366 e. The molecule has 86 valence electrons. The third-order valence-corrected chi connectivity index (χ3v) is 4.35. The van der Waals surface area contributed by atoms with E-state index in [-0.39, 0.29) is 5.54 Å². The van der Waals surface area contributed by atoms with Crippen LogP contribution in [0.3, 0.4) is 0 Å². The Hall–Kier alpha value is -0.980. The normalized spacial score (nSPS) is 22.1. The molecule has 0 N–H and O–H groups in total. The number of hydrogen-bond acceptors (Lipinski definition) is 1. The fraction of sp³-hybridized carbons (Fsp3) is 0.600. The minimum absolute atomic E-state index is 0.245. The van der Waals surface area contributed by atoms with Crippen LogP contribution in [0.1, 0.15) is 45.6 Å². The first-order valence-corrected chi connectivity index (χ1v) is 6.40. The molecule has 1 aliphatic carbocycles. The Morgan fingerprint density at radius 1 is 1.12 bits per heavy atom. The molecule has 0 radical (unpaired) electrons. The summed E-state index contributed by atoms with van der Waals surface area (Å²) in [4.78, 5) is 2.60. The summed E-state index contributed by atoms with van der Waals surface area (Å²) >= 11 is 0. The SMILES string of the molecule is CC(C)(C)N1CC2(CCC2)c2ccccc21. The van der Waals surface area contributed by atoms with Crippen molar-refractivity contribution in [3.8, 4) is 0 Å². The molecule has 0 bridgehead atoms. The highest BCUT2D eigenvalue weighted by molar-refractivity contribution is 5.64. The summed E-state index contributed by atoms with van der Waals surface area (Å²) in [6, 6.07) is 9.02. The number of nitrogens with zero attached hydrogens (tertiary/aromatic N) is 1. The quantitative estimate of drug-likeness (QED) is 0.637. The molecule has 3 rings (SSSR count). The van der Waals surface area contributed by atoms with E-state index in [0.29, 0.717) is 5.41 Å². The fourth-order valence-corrected chi connectivity index (χ4v) is 3.26. The average Bonchev–Trinajstić information content (AvgIpc) is 2.51. The van der Waals surface area contributed by atoms with E-state index in [4.69, 9.17) is 0 Å². The predicted molar refractivity (Wildman–Crippen MR) is 69.1 cm³/mol. The van der Waals surface area contributed by atoms with E-state index in [2.05, 4.69) is 49.9 Å². The Balaban J connectivity index is 2.09. The van der Waals surface area contributed by atoms with Crippen molar-refractivity contribution in [3.05, 3.63) is 29.8 Å². The van der Waals surface area contributed by atoms with Crippen molar-refractivity contribution in [2.45, 2.75) is 51.0 Å². The van der Waals surface area contributed by atoms with E-state index >= 15 is 0 Å². The number of hydrogen-bond donors (Lipinski definition) is 0. The smallest absolute Gasteiger partial charge is 0.0409 e. The van der Waals surface area contributed by atoms with Gasteiger partial charge in [-0.1, -0.05) is 24.6 Å². The lowest BCUT2D eigenvalue weighted by atomic mass is 9.66. The van der Waals surface area contributed by atoms with E-state index in [1.54, 1.807) is 5.56 Å². The zero-order chi connectivity index (χ0) is 11.4. The summed E-state index contributed by atoms with van der Waals surface area (Å²) < 4.78 is 0. The highest BCUT2D eigenvalue weighted by Crippen LogP contribution is 2.53. The maximum atomic E-state index is 2.60. The molecule has 0 atom stereocenters. The van der Waals surface area contributed by atoms with Crippen LogP contribution in [0.15, 0.2) is 24.3 Å². The maximum Gasteiger partial charge on any atom is 0.0409 e. The van der Waals surface area contributed by atoms with Gasteiger partial charge in [-0.25, -0.2) is 0 Å². The van der Waals surface area contributed by atoms with Crippen molar-refractivity contribution >= 4 is 5.69 Å². The molecular weight excluding hydrogens is 194 g/mol. The monoisotopic (exact) mass is 215 g/mol. The summed E-state index contributed by atoms with van der Waals surface area (Å²) in [5, 5.41) is 0. The zero-order valence-corrected chi connectivity index (χ0v) is 10.6. The highest BCUT2D eigenvalue weighted by Gasteiger charge is 2.48. The van der Waals surface area contributed by atoms with E-state index in [1.165, 1.54) is 31.5 Å². The largest absolute Gasteiger partial charge is 0.366 e. The Bertz CT molecular complexity index is 410. The van der Waals surface area contributed by atoms with Gasteiger partial charge >= 0.3 is 0 Å². The van der Waals surface area contributed by atoms with Gasteiger partial charge in [0.25, 0.3) is 0 Å². The van der Waals surface area contributed by atoms with Gasteiger partial charge in [0.1, 0.15) is 0 Å². The summed E-state index contributed by atoms with van der Waals surface area (Å²) in [6.07, 6.45) is 4.18. The molecule has 0 unspecified atom stereocenters. The number of para-hydroxylation sites is 1. The average molecular weight is 215 g/mol. The molecule has 0 amide bonds. The first kappa shape index (κ1) is 10.2. The van der Waals surface area contributed by atoms with E-state index in [1.807, 2.05) is 0 Å².